The molecule has 0 aromatic rings. The lowest BCUT2D eigenvalue weighted by Gasteiger charge is -2.28. The van der Waals surface area contributed by atoms with E-state index in [1.807, 2.05) is 0 Å². The van der Waals surface area contributed by atoms with Crippen molar-refractivity contribution in [3.05, 3.63) is 0 Å². The monoisotopic (exact) mass is 265 g/mol. The Balaban J connectivity index is 2.78. The zero-order valence-electron chi connectivity index (χ0n) is 10.5. The molecule has 1 atom stereocenters. The maximum Gasteiger partial charge on any atom is 0.408 e. The van der Waals surface area contributed by atoms with Crippen LogP contribution in [-0.2, 0) is 9.53 Å². The smallest absolute Gasteiger partial charge is 0.408 e. The number of alkyl halides is 2. The Bertz CT molecular complexity index is 365. The number of alkyl carbamates (subject to hydrolysis) is 1. The predicted octanol–water partition coefficient (Wildman–Crippen LogP) is 2.15. The molecule has 18 heavy (non-hydrogen) atoms. The summed E-state index contributed by atoms with van der Waals surface area (Å²) in [6.45, 7) is 4.80. The fourth-order valence-corrected chi connectivity index (χ4v) is 1.86. The molecule has 0 aromatic heterocycles. The summed E-state index contributed by atoms with van der Waals surface area (Å²) in [4.78, 5) is 22.6. The number of ether oxygens (including phenoxy) is 1. The first-order chi connectivity index (χ1) is 7.96. The van der Waals surface area contributed by atoms with Crippen LogP contribution in [0.1, 0.15) is 40.0 Å². The number of carboxylic acid groups (broad SMARTS) is 1. The van der Waals surface area contributed by atoms with Crippen LogP contribution in [0.2, 0.25) is 0 Å². The molecule has 2 N–H and O–H groups in total. The molecule has 0 bridgehead atoms. The molecule has 1 fully saturated rings. The highest BCUT2D eigenvalue weighted by molar-refractivity contribution is 5.85. The van der Waals surface area contributed by atoms with Gasteiger partial charge < -0.3 is 15.2 Å². The minimum Gasteiger partial charge on any atom is -0.479 e. The number of amides is 1. The van der Waals surface area contributed by atoms with Crippen molar-refractivity contribution in [1.82, 2.24) is 5.32 Å². The fourth-order valence-electron chi connectivity index (χ4n) is 1.86. The Morgan fingerprint density at radius 2 is 1.83 bits per heavy atom. The van der Waals surface area contributed by atoms with Crippen LogP contribution in [0.5, 0.6) is 0 Å². The molecule has 0 saturated heterocycles. The maximum atomic E-state index is 13.1. The first-order valence-electron chi connectivity index (χ1n) is 5.58. The third-order valence-corrected chi connectivity index (χ3v) is 2.63. The number of rotatable bonds is 2. The molecule has 7 heteroatoms. The molecule has 0 unspecified atom stereocenters. The number of halogens is 2. The molecule has 1 saturated carbocycles. The summed E-state index contributed by atoms with van der Waals surface area (Å²) >= 11 is 0. The van der Waals surface area contributed by atoms with Crippen LogP contribution in [0.3, 0.4) is 0 Å². The van der Waals surface area contributed by atoms with E-state index in [2.05, 4.69) is 5.32 Å². The van der Waals surface area contributed by atoms with Gasteiger partial charge in [0.05, 0.1) is 0 Å². The summed E-state index contributed by atoms with van der Waals surface area (Å²) in [5.41, 5.74) is -2.75. The highest BCUT2D eigenvalue weighted by Gasteiger charge is 2.55. The molecule has 1 amide bonds. The zero-order valence-corrected chi connectivity index (χ0v) is 10.5. The van der Waals surface area contributed by atoms with E-state index in [1.165, 1.54) is 0 Å². The lowest BCUT2D eigenvalue weighted by molar-refractivity contribution is -0.146. The van der Waals surface area contributed by atoms with Crippen molar-refractivity contribution in [3.63, 3.8) is 0 Å². The highest BCUT2D eigenvalue weighted by atomic mass is 19.3. The van der Waals surface area contributed by atoms with Gasteiger partial charge in [-0.15, -0.1) is 0 Å². The van der Waals surface area contributed by atoms with Gasteiger partial charge in [-0.1, -0.05) is 0 Å². The van der Waals surface area contributed by atoms with Crippen LogP contribution in [-0.4, -0.2) is 34.2 Å². The van der Waals surface area contributed by atoms with Crippen molar-refractivity contribution in [1.29, 1.82) is 0 Å². The first kappa shape index (κ1) is 14.7. The average molecular weight is 265 g/mol. The number of hydrogen-bond acceptors (Lipinski definition) is 3. The van der Waals surface area contributed by atoms with Crippen molar-refractivity contribution in [2.75, 3.05) is 0 Å². The van der Waals surface area contributed by atoms with Crippen molar-refractivity contribution >= 4 is 12.1 Å². The van der Waals surface area contributed by atoms with E-state index < -0.39 is 42.0 Å². The number of carbonyl (C=O) groups is 2. The molecule has 0 spiro atoms. The van der Waals surface area contributed by atoms with Gasteiger partial charge in [0.25, 0.3) is 5.92 Å². The molecule has 1 rings (SSSR count). The van der Waals surface area contributed by atoms with Gasteiger partial charge in [0, 0.05) is 12.8 Å². The molecule has 1 aliphatic carbocycles. The topological polar surface area (TPSA) is 75.6 Å². The van der Waals surface area contributed by atoms with Crippen LogP contribution >= 0.6 is 0 Å². The van der Waals surface area contributed by atoms with Crippen LogP contribution in [0.25, 0.3) is 0 Å². The summed E-state index contributed by atoms with van der Waals surface area (Å²) < 4.78 is 31.1. The molecular formula is C11H17F2NO4. The Kier molecular flexibility index (Phi) is 3.56. The van der Waals surface area contributed by atoms with Crippen LogP contribution < -0.4 is 5.32 Å². The molecule has 104 valence electrons. The predicted molar refractivity (Wildman–Crippen MR) is 58.5 cm³/mol. The summed E-state index contributed by atoms with van der Waals surface area (Å²) in [7, 11) is 0. The van der Waals surface area contributed by atoms with Crippen molar-refractivity contribution in [2.45, 2.75) is 57.1 Å². The van der Waals surface area contributed by atoms with Gasteiger partial charge in [-0.2, -0.15) is 0 Å². The molecule has 5 nitrogen and oxygen atoms in total. The number of nitrogens with one attached hydrogen (secondary N) is 1. The minimum absolute atomic E-state index is 0.311. The van der Waals surface area contributed by atoms with Gasteiger partial charge in [0.15, 0.2) is 0 Å². The SMILES string of the molecule is CC(C)(C)OC(=O)N[C@@]1(C(=O)O)CCC(F)(F)C1. The lowest BCUT2D eigenvalue weighted by atomic mass is 9.98. The molecule has 0 aromatic carbocycles. The first-order valence-corrected chi connectivity index (χ1v) is 5.58. The molecular weight excluding hydrogens is 248 g/mol. The van der Waals surface area contributed by atoms with Crippen molar-refractivity contribution in [3.8, 4) is 0 Å². The highest BCUT2D eigenvalue weighted by Crippen LogP contribution is 2.41. The fraction of sp³-hybridized carbons (Fsp3) is 0.818. The summed E-state index contributed by atoms with van der Waals surface area (Å²) in [6, 6.07) is 0. The number of carbonyl (C=O) groups excluding carboxylic acids is 1. The Morgan fingerprint density at radius 3 is 2.17 bits per heavy atom. The number of carboxylic acids is 1. The van der Waals surface area contributed by atoms with E-state index in [9.17, 15) is 18.4 Å². The lowest BCUT2D eigenvalue weighted by Crippen LogP contribution is -2.54. The third kappa shape index (κ3) is 3.54. The number of aliphatic carboxylic acids is 1. The second-order valence-corrected chi connectivity index (χ2v) is 5.55. The maximum absolute atomic E-state index is 13.1. The van der Waals surface area contributed by atoms with Gasteiger partial charge in [-0.25, -0.2) is 18.4 Å². The Hall–Kier alpha value is -1.40. The van der Waals surface area contributed by atoms with E-state index >= 15 is 0 Å². The van der Waals surface area contributed by atoms with Crippen LogP contribution in [0.4, 0.5) is 13.6 Å². The summed E-state index contributed by atoms with van der Waals surface area (Å²) in [5, 5.41) is 11.1. The van der Waals surface area contributed by atoms with Gasteiger partial charge in [0.1, 0.15) is 11.1 Å². The molecule has 0 aliphatic heterocycles. The normalized spacial score (nSPS) is 26.7. The van der Waals surface area contributed by atoms with Crippen molar-refractivity contribution in [2.24, 2.45) is 0 Å². The van der Waals surface area contributed by atoms with E-state index in [1.54, 1.807) is 20.8 Å². The molecule has 0 heterocycles. The zero-order chi connectivity index (χ0) is 14.2. The van der Waals surface area contributed by atoms with Crippen molar-refractivity contribution < 1.29 is 28.2 Å². The quantitative estimate of drug-likeness (QED) is 0.802. The van der Waals surface area contributed by atoms with Gasteiger partial charge in [-0.3, -0.25) is 0 Å². The largest absolute Gasteiger partial charge is 0.479 e. The van der Waals surface area contributed by atoms with Gasteiger partial charge >= 0.3 is 12.1 Å². The molecule has 0 radical (unpaired) electrons. The third-order valence-electron chi connectivity index (χ3n) is 2.63. The Morgan fingerprint density at radius 1 is 1.28 bits per heavy atom. The van der Waals surface area contributed by atoms with Gasteiger partial charge in [0.2, 0.25) is 0 Å². The summed E-state index contributed by atoms with van der Waals surface area (Å²) in [5.74, 6) is -4.54. The average Bonchev–Trinajstić information content (AvgIpc) is 2.39. The van der Waals surface area contributed by atoms with E-state index in [-0.39, 0.29) is 6.42 Å². The molecule has 1 aliphatic rings. The summed E-state index contributed by atoms with van der Waals surface area (Å²) in [6.07, 6.45) is -2.78. The second kappa shape index (κ2) is 4.37. The van der Waals surface area contributed by atoms with Crippen LogP contribution in [0, 0.1) is 0 Å². The van der Waals surface area contributed by atoms with Gasteiger partial charge in [-0.05, 0) is 27.2 Å². The standard InChI is InChI=1S/C11H17F2NO4/c1-9(2,3)18-8(17)14-10(7(15)16)4-5-11(12,13)6-10/h4-6H2,1-3H3,(H,14,17)(H,15,16)/t10-/m0/s1. The van der Waals surface area contributed by atoms with E-state index in [0.717, 1.165) is 0 Å². The Labute approximate surface area is 103 Å². The number of hydrogen-bond donors (Lipinski definition) is 2. The van der Waals surface area contributed by atoms with E-state index in [4.69, 9.17) is 9.84 Å². The second-order valence-electron chi connectivity index (χ2n) is 5.55. The van der Waals surface area contributed by atoms with Crippen LogP contribution in [0.15, 0.2) is 0 Å². The van der Waals surface area contributed by atoms with E-state index in [0.29, 0.717) is 0 Å². The minimum atomic E-state index is -3.08.